The molecule has 20 rings (SSSR count). The van der Waals surface area contributed by atoms with Gasteiger partial charge in [0.2, 0.25) is 0 Å². The number of fused-ring (bicyclic) bond motifs is 8. The Balaban J connectivity index is 0.000000142. The standard InChI is InChI=1S/C54H52P2.C30H36N2.C30H34O2.C28H30O2/c1-53(2,3)37-41-35-39-23-19-21-33-47(39)49(51(41)55(43-25-11-7-12-26-43)44-27-13-8-14-28-44)50-48-34-22-20-24-40(48)36-42(38-54(4,5)6)52(50)56(45-29-15-9-16-30-45)46-31-17-10-18-32-46;2*1-29(2,3)17-21-15-19-11-7-9-13-23(19)25(27(21)31)26-24-14-10-8-12-20(24)16-22(28(26)32)18-30(4,5)6;1-27(2,3)19-9-11-21-17(15-19)7-13-23(29)25(21)26-22-12-10-20(28(4,5)6)16-18(22)8-14-24(26)30/h7-36H,37-38H2,1-6H3;7-16H,17-18,31-32H2,1-6H3;7-16,31-32H,17-18H2,1-6H3;7-16,29-30H,1-6H3. The molecule has 150 heavy (non-hydrogen) atoms. The number of nitrogen functional groups attached to an aromatic ring is 2. The second-order valence-electron chi connectivity index (χ2n) is 50.7. The molecule has 6 nitrogen and oxygen atoms in total. The Morgan fingerprint density at radius 2 is 0.387 bits per heavy atom. The highest BCUT2D eigenvalue weighted by Crippen LogP contribution is 2.55. The number of hydrogen-bond acceptors (Lipinski definition) is 6. The lowest BCUT2D eigenvalue weighted by Gasteiger charge is -2.33. The summed E-state index contributed by atoms with van der Waals surface area (Å²) >= 11 is 0. The zero-order valence-electron chi connectivity index (χ0n) is 92.7. The topological polar surface area (TPSA) is 133 Å². The molecule has 0 radical (unpaired) electrons. The molecule has 764 valence electrons. The Morgan fingerprint density at radius 3 is 0.640 bits per heavy atom. The van der Waals surface area contributed by atoms with E-state index in [0.717, 1.165) is 137 Å². The van der Waals surface area contributed by atoms with Gasteiger partial charge >= 0.3 is 0 Å². The summed E-state index contributed by atoms with van der Waals surface area (Å²) in [7, 11) is -1.92. The summed E-state index contributed by atoms with van der Waals surface area (Å²) in [6, 6.07) is 131. The minimum absolute atomic E-state index is 0.0232. The van der Waals surface area contributed by atoms with Gasteiger partial charge in [-0.15, -0.1) is 0 Å². The average Bonchev–Trinajstić information content (AvgIpc) is 0.714. The first-order chi connectivity index (χ1) is 70.9. The number of aromatic hydroxyl groups is 4. The maximum atomic E-state index is 11.6. The molecule has 0 aliphatic heterocycles. The molecule has 8 heteroatoms. The van der Waals surface area contributed by atoms with Crippen molar-refractivity contribution in [2.45, 2.75) is 216 Å². The fourth-order valence-corrected chi connectivity index (χ4v) is 27.2. The van der Waals surface area contributed by atoms with E-state index in [4.69, 9.17) is 11.5 Å². The summed E-state index contributed by atoms with van der Waals surface area (Å²) < 4.78 is 0. The molecule has 20 aromatic carbocycles. The van der Waals surface area contributed by atoms with E-state index < -0.39 is 15.8 Å². The van der Waals surface area contributed by atoms with Crippen molar-refractivity contribution in [3.05, 3.63) is 408 Å². The fourth-order valence-electron chi connectivity index (χ4n) is 22.0. The minimum Gasteiger partial charge on any atom is -0.507 e. The molecule has 0 saturated carbocycles. The molecule has 0 heterocycles. The number of hydrogen-bond donors (Lipinski definition) is 6. The highest BCUT2D eigenvalue weighted by atomic mass is 31.1. The Kier molecular flexibility index (Phi) is 30.7. The molecule has 0 amide bonds. The Hall–Kier alpha value is -13.9. The van der Waals surface area contributed by atoms with Crippen molar-refractivity contribution in [2.75, 3.05) is 11.5 Å². The quantitative estimate of drug-likeness (QED) is 0.0422. The molecule has 20 aromatic rings. The molecule has 0 atom stereocenters. The van der Waals surface area contributed by atoms with Gasteiger partial charge in [-0.05, 0) is 308 Å². The van der Waals surface area contributed by atoms with Gasteiger partial charge in [0.1, 0.15) is 23.0 Å². The first kappa shape index (κ1) is 107. The van der Waals surface area contributed by atoms with E-state index >= 15 is 0 Å². The number of nitrogens with two attached hydrogens (primary N) is 2. The third-order valence-corrected chi connectivity index (χ3v) is 33.5. The van der Waals surface area contributed by atoms with E-state index in [0.29, 0.717) is 11.1 Å². The van der Waals surface area contributed by atoms with Crippen molar-refractivity contribution in [3.63, 3.8) is 0 Å². The Morgan fingerprint density at radius 1 is 0.187 bits per heavy atom. The minimum atomic E-state index is -0.962. The number of phenolic OH excluding ortho intramolecular Hbond substituents is 4. The third-order valence-electron chi connectivity index (χ3n) is 28.3. The average molecular weight is 2010 g/mol. The van der Waals surface area contributed by atoms with Crippen molar-refractivity contribution in [1.82, 2.24) is 0 Å². The first-order valence-corrected chi connectivity index (χ1v) is 56.1. The highest BCUT2D eigenvalue weighted by molar-refractivity contribution is 7.81. The number of benzene rings is 20. The van der Waals surface area contributed by atoms with Crippen LogP contribution < -0.4 is 43.3 Å². The van der Waals surface area contributed by atoms with Gasteiger partial charge in [0, 0.05) is 44.8 Å². The predicted molar refractivity (Wildman–Crippen MR) is 657 cm³/mol. The van der Waals surface area contributed by atoms with Gasteiger partial charge in [-0.25, -0.2) is 0 Å². The van der Waals surface area contributed by atoms with E-state index in [1.54, 1.807) is 12.1 Å². The lowest BCUT2D eigenvalue weighted by atomic mass is 9.81. The van der Waals surface area contributed by atoms with Crippen LogP contribution in [0.4, 0.5) is 11.4 Å². The maximum Gasteiger partial charge on any atom is 0.127 e. The fraction of sp³-hybridized carbons (Fsp3) is 0.268. The van der Waals surface area contributed by atoms with E-state index in [2.05, 4.69) is 469 Å². The number of anilines is 2. The summed E-state index contributed by atoms with van der Waals surface area (Å²) in [6.45, 7) is 54.2. The van der Waals surface area contributed by atoms with Gasteiger partial charge in [0.15, 0.2) is 0 Å². The predicted octanol–water partition coefficient (Wildman–Crippen LogP) is 36.3. The second-order valence-corrected chi connectivity index (χ2v) is 55.0. The van der Waals surface area contributed by atoms with Gasteiger partial charge in [-0.1, -0.05) is 494 Å². The first-order valence-electron chi connectivity index (χ1n) is 53.4. The lowest BCUT2D eigenvalue weighted by molar-refractivity contribution is 0.394. The zero-order valence-corrected chi connectivity index (χ0v) is 94.5. The van der Waals surface area contributed by atoms with Crippen molar-refractivity contribution in [1.29, 1.82) is 0 Å². The number of phenols is 4. The van der Waals surface area contributed by atoms with Crippen LogP contribution in [0.15, 0.2) is 364 Å². The van der Waals surface area contributed by atoms with Crippen LogP contribution in [0.25, 0.3) is 131 Å². The van der Waals surface area contributed by atoms with Crippen molar-refractivity contribution in [2.24, 2.45) is 32.5 Å². The van der Waals surface area contributed by atoms with Crippen molar-refractivity contribution in [3.8, 4) is 67.5 Å². The molecule has 0 aliphatic rings. The van der Waals surface area contributed by atoms with Crippen LogP contribution in [0, 0.1) is 32.5 Å². The molecule has 0 fully saturated rings. The van der Waals surface area contributed by atoms with Gasteiger partial charge in [0.05, 0.1) is 0 Å². The van der Waals surface area contributed by atoms with E-state index in [1.165, 1.54) is 109 Å². The van der Waals surface area contributed by atoms with Crippen LogP contribution >= 0.6 is 15.8 Å². The van der Waals surface area contributed by atoms with Crippen LogP contribution in [0.5, 0.6) is 23.0 Å². The highest BCUT2D eigenvalue weighted by Gasteiger charge is 2.36. The van der Waals surface area contributed by atoms with Crippen molar-refractivity contribution < 1.29 is 20.4 Å². The van der Waals surface area contributed by atoms with E-state index in [1.807, 2.05) is 48.5 Å². The molecule has 0 spiro atoms. The molecular weight excluding hydrogens is 1860 g/mol. The van der Waals surface area contributed by atoms with Crippen molar-refractivity contribution >= 4 is 145 Å². The summed E-state index contributed by atoms with van der Waals surface area (Å²) in [5, 5.41) is 71.4. The summed E-state index contributed by atoms with van der Waals surface area (Å²) in [5.74, 6) is 0.890. The van der Waals surface area contributed by atoms with Crippen LogP contribution in [-0.2, 0) is 49.4 Å². The molecular formula is C142H152N2O4P2. The third kappa shape index (κ3) is 24.1. The van der Waals surface area contributed by atoms with Crippen LogP contribution in [0.2, 0.25) is 0 Å². The van der Waals surface area contributed by atoms with Gasteiger partial charge in [-0.3, -0.25) is 0 Å². The largest absolute Gasteiger partial charge is 0.507 e. The van der Waals surface area contributed by atoms with E-state index in [-0.39, 0.29) is 66.3 Å². The molecule has 0 unspecified atom stereocenters. The molecule has 0 saturated heterocycles. The number of rotatable bonds is 16. The zero-order chi connectivity index (χ0) is 107. The SMILES string of the molecule is CC(C)(C)Cc1cc2ccccc2c(-c2c(N)c(CC(C)(C)C)cc3ccccc23)c1N.CC(C)(C)Cc1cc2ccccc2c(-c2c(O)c(CC(C)(C)C)cc3ccccc23)c1O.CC(C)(C)Cc1cc2ccccc2c(-c2c(P(c3ccccc3)c3ccccc3)c(CC(C)(C)C)cc3ccccc23)c1P(c1ccccc1)c1ccccc1.CC(C)(C)c1ccc2c(-c3c(O)ccc4cc(C(C)(C)C)ccc34)c(O)ccc2c1. The lowest BCUT2D eigenvalue weighted by Crippen LogP contribution is -2.31. The summed E-state index contributed by atoms with van der Waals surface area (Å²) in [5.41, 5.74) is 33.5. The molecule has 0 bridgehead atoms. The van der Waals surface area contributed by atoms with Crippen LogP contribution in [-0.4, -0.2) is 20.4 Å². The maximum absolute atomic E-state index is 11.6. The van der Waals surface area contributed by atoms with Crippen LogP contribution in [0.3, 0.4) is 0 Å². The summed E-state index contributed by atoms with van der Waals surface area (Å²) in [4.78, 5) is 0. The van der Waals surface area contributed by atoms with E-state index in [9.17, 15) is 20.4 Å². The molecule has 0 aliphatic carbocycles. The molecule has 8 N–H and O–H groups in total. The monoisotopic (exact) mass is 2010 g/mol. The van der Waals surface area contributed by atoms with Gasteiger partial charge in [-0.2, -0.15) is 0 Å². The van der Waals surface area contributed by atoms with Gasteiger partial charge < -0.3 is 31.9 Å². The van der Waals surface area contributed by atoms with Gasteiger partial charge in [0.25, 0.3) is 0 Å². The summed E-state index contributed by atoms with van der Waals surface area (Å²) in [6.07, 6.45) is 5.26. The Labute approximate surface area is 894 Å². The smallest absolute Gasteiger partial charge is 0.127 e. The normalized spacial score (nSPS) is 12.4. The molecule has 0 aromatic heterocycles. The second kappa shape index (κ2) is 42.9. The Bertz CT molecular complexity index is 7600. The van der Waals surface area contributed by atoms with Crippen LogP contribution in [0.1, 0.15) is 211 Å².